The van der Waals surface area contributed by atoms with Gasteiger partial charge in [-0.2, -0.15) is 0 Å². The van der Waals surface area contributed by atoms with Crippen molar-refractivity contribution >= 4 is 21.8 Å². The molecule has 1 saturated heterocycles. The zero-order valence-electron chi connectivity index (χ0n) is 12.5. The number of primary amides is 1. The number of nitrogens with one attached hydrogen (secondary N) is 1. The predicted molar refractivity (Wildman–Crippen MR) is 86.8 cm³/mol. The van der Waals surface area contributed by atoms with E-state index in [1.165, 1.54) is 0 Å². The second-order valence-electron chi connectivity index (χ2n) is 5.92. The third-order valence-corrected chi connectivity index (χ3v) is 4.52. The summed E-state index contributed by atoms with van der Waals surface area (Å²) < 4.78 is 6.76. The molecule has 0 aromatic heterocycles. The molecule has 2 rings (SSSR count). The van der Waals surface area contributed by atoms with Crippen LogP contribution in [-0.4, -0.2) is 25.2 Å². The summed E-state index contributed by atoms with van der Waals surface area (Å²) in [6, 6.07) is 7.21. The minimum absolute atomic E-state index is 0.260. The Balaban J connectivity index is 2.00. The standard InChI is InChI=1S/C16H23BrN2O2/c1-10(2)15-12(7-8-21-15)9-19-14(16(18)20)11-3-5-13(17)6-4-11/h3-6,10,12,14-15,19H,7-9H2,1-2H3,(H2,18,20)/t12-,14?,15-/m1/s1. The highest BCUT2D eigenvalue weighted by atomic mass is 79.9. The maximum absolute atomic E-state index is 11.7. The number of hydrogen-bond donors (Lipinski definition) is 2. The lowest BCUT2D eigenvalue weighted by molar-refractivity contribution is -0.120. The van der Waals surface area contributed by atoms with E-state index in [1.807, 2.05) is 24.3 Å². The van der Waals surface area contributed by atoms with Crippen LogP contribution in [0.1, 0.15) is 31.9 Å². The highest BCUT2D eigenvalue weighted by Gasteiger charge is 2.31. The Morgan fingerprint density at radius 3 is 2.67 bits per heavy atom. The van der Waals surface area contributed by atoms with Gasteiger partial charge in [-0.1, -0.05) is 41.9 Å². The van der Waals surface area contributed by atoms with E-state index < -0.39 is 6.04 Å². The molecule has 1 aliphatic heterocycles. The Hall–Kier alpha value is -0.910. The van der Waals surface area contributed by atoms with Crippen molar-refractivity contribution in [1.82, 2.24) is 5.32 Å². The number of hydrogen-bond acceptors (Lipinski definition) is 3. The molecule has 116 valence electrons. The van der Waals surface area contributed by atoms with Crippen LogP contribution in [0.4, 0.5) is 0 Å². The summed E-state index contributed by atoms with van der Waals surface area (Å²) in [5.41, 5.74) is 6.44. The molecule has 21 heavy (non-hydrogen) atoms. The summed E-state index contributed by atoms with van der Waals surface area (Å²) in [6.07, 6.45) is 1.29. The number of amides is 1. The van der Waals surface area contributed by atoms with Crippen LogP contribution in [0, 0.1) is 11.8 Å². The van der Waals surface area contributed by atoms with Crippen molar-refractivity contribution in [3.05, 3.63) is 34.3 Å². The fraction of sp³-hybridized carbons (Fsp3) is 0.562. The summed E-state index contributed by atoms with van der Waals surface area (Å²) in [7, 11) is 0. The third-order valence-electron chi connectivity index (χ3n) is 3.99. The number of halogens is 1. The van der Waals surface area contributed by atoms with Crippen LogP contribution in [0.25, 0.3) is 0 Å². The SMILES string of the molecule is CC(C)[C@H]1OCC[C@@H]1CNC(C(N)=O)c1ccc(Br)cc1. The van der Waals surface area contributed by atoms with Crippen LogP contribution >= 0.6 is 15.9 Å². The van der Waals surface area contributed by atoms with Crippen LogP contribution < -0.4 is 11.1 Å². The quantitative estimate of drug-likeness (QED) is 0.825. The van der Waals surface area contributed by atoms with Gasteiger partial charge in [0.2, 0.25) is 5.91 Å². The van der Waals surface area contributed by atoms with Gasteiger partial charge < -0.3 is 15.8 Å². The van der Waals surface area contributed by atoms with Crippen LogP contribution in [0.15, 0.2) is 28.7 Å². The van der Waals surface area contributed by atoms with Gasteiger partial charge in [-0.25, -0.2) is 0 Å². The van der Waals surface area contributed by atoms with E-state index in [0.29, 0.717) is 11.8 Å². The summed E-state index contributed by atoms with van der Waals surface area (Å²) in [6.45, 7) is 5.88. The molecule has 0 saturated carbocycles. The van der Waals surface area contributed by atoms with Crippen molar-refractivity contribution in [3.8, 4) is 0 Å². The molecule has 0 bridgehead atoms. The first kappa shape index (κ1) is 16.5. The summed E-state index contributed by atoms with van der Waals surface area (Å²) in [4.78, 5) is 11.7. The van der Waals surface area contributed by atoms with Crippen molar-refractivity contribution < 1.29 is 9.53 Å². The lowest BCUT2D eigenvalue weighted by atomic mass is 9.92. The molecule has 5 heteroatoms. The van der Waals surface area contributed by atoms with E-state index in [4.69, 9.17) is 10.5 Å². The van der Waals surface area contributed by atoms with E-state index >= 15 is 0 Å². The van der Waals surface area contributed by atoms with Crippen LogP contribution in [0.3, 0.4) is 0 Å². The molecule has 0 aliphatic carbocycles. The highest BCUT2D eigenvalue weighted by Crippen LogP contribution is 2.27. The Morgan fingerprint density at radius 2 is 2.10 bits per heavy atom. The van der Waals surface area contributed by atoms with Gasteiger partial charge in [0, 0.05) is 23.5 Å². The van der Waals surface area contributed by atoms with E-state index in [2.05, 4.69) is 35.1 Å². The van der Waals surface area contributed by atoms with Gasteiger partial charge in [0.15, 0.2) is 0 Å². The first-order chi connectivity index (χ1) is 9.99. The minimum Gasteiger partial charge on any atom is -0.378 e. The van der Waals surface area contributed by atoms with E-state index in [1.54, 1.807) is 0 Å². The van der Waals surface area contributed by atoms with Crippen LogP contribution in [-0.2, 0) is 9.53 Å². The topological polar surface area (TPSA) is 64.3 Å². The van der Waals surface area contributed by atoms with Gasteiger partial charge in [0.25, 0.3) is 0 Å². The molecule has 1 aromatic rings. The molecule has 1 aromatic carbocycles. The fourth-order valence-corrected chi connectivity index (χ4v) is 3.18. The molecule has 1 aliphatic rings. The maximum atomic E-state index is 11.7. The zero-order chi connectivity index (χ0) is 15.4. The number of rotatable bonds is 6. The van der Waals surface area contributed by atoms with E-state index in [-0.39, 0.29) is 12.0 Å². The number of carbonyl (C=O) groups excluding carboxylic acids is 1. The first-order valence-electron chi connectivity index (χ1n) is 7.38. The Bertz CT molecular complexity index is 476. The summed E-state index contributed by atoms with van der Waals surface area (Å²) >= 11 is 3.40. The van der Waals surface area contributed by atoms with Crippen molar-refractivity contribution in [1.29, 1.82) is 0 Å². The van der Waals surface area contributed by atoms with E-state index in [9.17, 15) is 4.79 Å². The normalized spacial score (nSPS) is 23.4. The van der Waals surface area contributed by atoms with Gasteiger partial charge in [-0.15, -0.1) is 0 Å². The Kier molecular flexibility index (Phi) is 5.79. The van der Waals surface area contributed by atoms with Crippen molar-refractivity contribution in [2.75, 3.05) is 13.2 Å². The summed E-state index contributed by atoms with van der Waals surface area (Å²) in [5.74, 6) is 0.568. The minimum atomic E-state index is -0.452. The van der Waals surface area contributed by atoms with Crippen molar-refractivity contribution in [2.45, 2.75) is 32.4 Å². The molecule has 4 nitrogen and oxygen atoms in total. The molecule has 1 amide bonds. The lowest BCUT2D eigenvalue weighted by Crippen LogP contribution is -2.39. The molecule has 3 N–H and O–H groups in total. The molecule has 3 atom stereocenters. The first-order valence-corrected chi connectivity index (χ1v) is 8.18. The lowest BCUT2D eigenvalue weighted by Gasteiger charge is -2.24. The third kappa shape index (κ3) is 4.28. The number of benzene rings is 1. The summed E-state index contributed by atoms with van der Waals surface area (Å²) in [5, 5.41) is 3.31. The molecule has 1 unspecified atom stereocenters. The smallest absolute Gasteiger partial charge is 0.239 e. The number of nitrogens with two attached hydrogens (primary N) is 1. The number of carbonyl (C=O) groups is 1. The molecular weight excluding hydrogens is 332 g/mol. The molecule has 1 heterocycles. The second-order valence-corrected chi connectivity index (χ2v) is 6.84. The van der Waals surface area contributed by atoms with Crippen LogP contribution in [0.5, 0.6) is 0 Å². The molecule has 0 radical (unpaired) electrons. The van der Waals surface area contributed by atoms with Gasteiger partial charge in [-0.3, -0.25) is 4.79 Å². The monoisotopic (exact) mass is 354 g/mol. The molecule has 1 fully saturated rings. The second kappa shape index (κ2) is 7.38. The van der Waals surface area contributed by atoms with Crippen molar-refractivity contribution in [3.63, 3.8) is 0 Å². The van der Waals surface area contributed by atoms with Gasteiger partial charge in [0.05, 0.1) is 6.10 Å². The number of ether oxygens (including phenoxy) is 1. The zero-order valence-corrected chi connectivity index (χ0v) is 14.1. The van der Waals surface area contributed by atoms with E-state index in [0.717, 1.165) is 29.6 Å². The predicted octanol–water partition coefficient (Wildman–Crippen LogP) is 2.63. The Morgan fingerprint density at radius 1 is 1.43 bits per heavy atom. The largest absolute Gasteiger partial charge is 0.378 e. The average Bonchev–Trinajstić information content (AvgIpc) is 2.89. The maximum Gasteiger partial charge on any atom is 0.239 e. The van der Waals surface area contributed by atoms with Gasteiger partial charge >= 0.3 is 0 Å². The molecule has 0 spiro atoms. The average molecular weight is 355 g/mol. The van der Waals surface area contributed by atoms with Gasteiger partial charge in [0.1, 0.15) is 6.04 Å². The molecular formula is C16H23BrN2O2. The van der Waals surface area contributed by atoms with Crippen LogP contribution in [0.2, 0.25) is 0 Å². The fourth-order valence-electron chi connectivity index (χ4n) is 2.92. The highest BCUT2D eigenvalue weighted by molar-refractivity contribution is 9.10. The Labute approximate surface area is 134 Å². The van der Waals surface area contributed by atoms with Crippen molar-refractivity contribution in [2.24, 2.45) is 17.6 Å². The van der Waals surface area contributed by atoms with Gasteiger partial charge in [-0.05, 0) is 30.0 Å².